The molecule has 1 saturated carbocycles. The molecule has 0 radical (unpaired) electrons. The van der Waals surface area contributed by atoms with Crippen LogP contribution in [0.1, 0.15) is 24.0 Å². The van der Waals surface area contributed by atoms with Crippen molar-refractivity contribution in [3.63, 3.8) is 0 Å². The van der Waals surface area contributed by atoms with Crippen LogP contribution in [-0.4, -0.2) is 47.4 Å². The molecule has 2 aliphatic rings. The molecule has 0 atom stereocenters. The number of fused-ring (bicyclic) bond motifs is 1. The van der Waals surface area contributed by atoms with Gasteiger partial charge in [0.1, 0.15) is 12.1 Å². The standard InChI is InChI=1S/C23H20N6O3/c1-24-21-20-18(12-19(27-28-20)26-22(30)15-6-7-15)16(13-25-21)5-2-14-3-8-17(9-4-14)29-10-11-32-23(29)31/h3-4,8-9,12-13,15H,6-7,10-11H2,1H3,(H,24,25)(H,26,27,30). The number of anilines is 3. The van der Waals surface area contributed by atoms with Crippen molar-refractivity contribution < 1.29 is 14.3 Å². The third-order valence-electron chi connectivity index (χ3n) is 5.35. The lowest BCUT2D eigenvalue weighted by atomic mass is 10.1. The Hall–Kier alpha value is -4.19. The van der Waals surface area contributed by atoms with Gasteiger partial charge in [-0.3, -0.25) is 9.69 Å². The Morgan fingerprint density at radius 2 is 2.00 bits per heavy atom. The number of nitrogens with one attached hydrogen (secondary N) is 2. The Morgan fingerprint density at radius 1 is 1.19 bits per heavy atom. The predicted octanol–water partition coefficient (Wildman–Crippen LogP) is 2.77. The van der Waals surface area contributed by atoms with E-state index in [1.54, 1.807) is 24.2 Å². The first-order chi connectivity index (χ1) is 15.6. The van der Waals surface area contributed by atoms with Gasteiger partial charge in [0.15, 0.2) is 11.6 Å². The molecule has 1 aliphatic carbocycles. The first kappa shape index (κ1) is 19.8. The van der Waals surface area contributed by atoms with Crippen LogP contribution in [0.4, 0.5) is 22.1 Å². The fraction of sp³-hybridized carbons (Fsp3) is 0.261. The van der Waals surface area contributed by atoms with Crippen molar-refractivity contribution in [1.29, 1.82) is 0 Å². The van der Waals surface area contributed by atoms with E-state index >= 15 is 0 Å². The number of nitrogens with zero attached hydrogens (tertiary/aromatic N) is 4. The average Bonchev–Trinajstić information content (AvgIpc) is 3.59. The van der Waals surface area contributed by atoms with E-state index in [4.69, 9.17) is 4.74 Å². The molecule has 1 aromatic carbocycles. The van der Waals surface area contributed by atoms with E-state index in [0.717, 1.165) is 29.5 Å². The zero-order valence-corrected chi connectivity index (χ0v) is 17.4. The molecule has 9 heteroatoms. The SMILES string of the molecule is CNc1ncc(C#Cc2ccc(N3CCOC3=O)cc2)c2cc(NC(=O)C3CC3)nnc12. The highest BCUT2D eigenvalue weighted by molar-refractivity contribution is 5.97. The summed E-state index contributed by atoms with van der Waals surface area (Å²) in [6, 6.07) is 9.17. The third-order valence-corrected chi connectivity index (χ3v) is 5.35. The lowest BCUT2D eigenvalue weighted by Crippen LogP contribution is -2.23. The molecule has 3 heterocycles. The summed E-state index contributed by atoms with van der Waals surface area (Å²) in [5, 5.41) is 15.0. The predicted molar refractivity (Wildman–Crippen MR) is 119 cm³/mol. The Kier molecular flexibility index (Phi) is 5.03. The first-order valence-corrected chi connectivity index (χ1v) is 10.3. The summed E-state index contributed by atoms with van der Waals surface area (Å²) in [6.07, 6.45) is 3.16. The molecule has 0 unspecified atom stereocenters. The normalized spacial score (nSPS) is 15.2. The van der Waals surface area contributed by atoms with E-state index in [1.165, 1.54) is 0 Å². The van der Waals surface area contributed by atoms with Crippen LogP contribution in [0.2, 0.25) is 0 Å². The van der Waals surface area contributed by atoms with Crippen molar-refractivity contribution in [3.8, 4) is 11.8 Å². The van der Waals surface area contributed by atoms with E-state index in [9.17, 15) is 9.59 Å². The summed E-state index contributed by atoms with van der Waals surface area (Å²) in [4.78, 5) is 29.8. The summed E-state index contributed by atoms with van der Waals surface area (Å²) < 4.78 is 4.97. The Morgan fingerprint density at radius 3 is 2.69 bits per heavy atom. The Bertz CT molecular complexity index is 1270. The van der Waals surface area contributed by atoms with Gasteiger partial charge in [0, 0.05) is 35.8 Å². The van der Waals surface area contributed by atoms with Crippen molar-refractivity contribution in [2.75, 3.05) is 35.7 Å². The molecule has 32 heavy (non-hydrogen) atoms. The smallest absolute Gasteiger partial charge is 0.414 e. The maximum absolute atomic E-state index is 12.1. The van der Waals surface area contributed by atoms with Gasteiger partial charge in [-0.05, 0) is 43.2 Å². The van der Waals surface area contributed by atoms with Gasteiger partial charge in [0.25, 0.3) is 0 Å². The maximum atomic E-state index is 12.1. The van der Waals surface area contributed by atoms with Crippen molar-refractivity contribution in [3.05, 3.63) is 47.7 Å². The Balaban J connectivity index is 1.45. The number of cyclic esters (lactones) is 1. The molecule has 2 fully saturated rings. The number of carbonyl (C=O) groups excluding carboxylic acids is 2. The quantitative estimate of drug-likeness (QED) is 0.615. The van der Waals surface area contributed by atoms with Crippen molar-refractivity contribution in [2.45, 2.75) is 12.8 Å². The number of benzene rings is 1. The lowest BCUT2D eigenvalue weighted by Gasteiger charge is -2.12. The minimum Gasteiger partial charge on any atom is -0.447 e. The van der Waals surface area contributed by atoms with Crippen molar-refractivity contribution >= 4 is 40.2 Å². The molecule has 2 amide bonds. The number of pyridine rings is 1. The summed E-state index contributed by atoms with van der Waals surface area (Å²) in [7, 11) is 1.76. The van der Waals surface area contributed by atoms with Crippen LogP contribution >= 0.6 is 0 Å². The number of carbonyl (C=O) groups is 2. The molecule has 2 aromatic heterocycles. The van der Waals surface area contributed by atoms with Gasteiger partial charge in [0.2, 0.25) is 5.91 Å². The molecule has 160 valence electrons. The van der Waals surface area contributed by atoms with Gasteiger partial charge in [-0.2, -0.15) is 0 Å². The molecule has 1 aliphatic heterocycles. The fourth-order valence-electron chi connectivity index (χ4n) is 3.44. The second-order valence-electron chi connectivity index (χ2n) is 7.59. The van der Waals surface area contributed by atoms with Crippen LogP contribution in [0.25, 0.3) is 10.9 Å². The highest BCUT2D eigenvalue weighted by atomic mass is 16.6. The summed E-state index contributed by atoms with van der Waals surface area (Å²) in [6.45, 7) is 0.940. The molecule has 0 bridgehead atoms. The zero-order chi connectivity index (χ0) is 22.1. The van der Waals surface area contributed by atoms with E-state index in [-0.39, 0.29) is 17.9 Å². The zero-order valence-electron chi connectivity index (χ0n) is 17.4. The highest BCUT2D eigenvalue weighted by Crippen LogP contribution is 2.30. The lowest BCUT2D eigenvalue weighted by molar-refractivity contribution is -0.117. The summed E-state index contributed by atoms with van der Waals surface area (Å²) in [5.41, 5.74) is 2.81. The van der Waals surface area contributed by atoms with Gasteiger partial charge in [-0.25, -0.2) is 9.78 Å². The number of aromatic nitrogens is 3. The minimum absolute atomic E-state index is 0.0313. The van der Waals surface area contributed by atoms with Crippen LogP contribution in [0.5, 0.6) is 0 Å². The molecule has 2 N–H and O–H groups in total. The summed E-state index contributed by atoms with van der Waals surface area (Å²) in [5.74, 6) is 7.29. The highest BCUT2D eigenvalue weighted by Gasteiger charge is 2.30. The minimum atomic E-state index is -0.336. The van der Waals surface area contributed by atoms with Crippen LogP contribution in [0, 0.1) is 17.8 Å². The summed E-state index contributed by atoms with van der Waals surface area (Å²) >= 11 is 0. The van der Waals surface area contributed by atoms with Gasteiger partial charge < -0.3 is 15.4 Å². The van der Waals surface area contributed by atoms with E-state index in [0.29, 0.717) is 35.9 Å². The van der Waals surface area contributed by atoms with Gasteiger partial charge >= 0.3 is 6.09 Å². The van der Waals surface area contributed by atoms with Gasteiger partial charge in [-0.15, -0.1) is 10.2 Å². The number of hydrogen-bond acceptors (Lipinski definition) is 7. The largest absolute Gasteiger partial charge is 0.447 e. The number of hydrogen-bond donors (Lipinski definition) is 2. The Labute approximate surface area is 184 Å². The maximum Gasteiger partial charge on any atom is 0.414 e. The average molecular weight is 428 g/mol. The van der Waals surface area contributed by atoms with Crippen LogP contribution in [0.3, 0.4) is 0 Å². The molecule has 9 nitrogen and oxygen atoms in total. The molecular formula is C23H20N6O3. The van der Waals surface area contributed by atoms with E-state index in [2.05, 4.69) is 37.7 Å². The van der Waals surface area contributed by atoms with Gasteiger partial charge in [0.05, 0.1) is 12.1 Å². The van der Waals surface area contributed by atoms with E-state index < -0.39 is 0 Å². The fourth-order valence-corrected chi connectivity index (χ4v) is 3.44. The second kappa shape index (κ2) is 8.15. The topological polar surface area (TPSA) is 109 Å². The van der Waals surface area contributed by atoms with Crippen LogP contribution < -0.4 is 15.5 Å². The monoisotopic (exact) mass is 428 g/mol. The number of amides is 2. The van der Waals surface area contributed by atoms with Crippen LogP contribution in [-0.2, 0) is 9.53 Å². The third kappa shape index (κ3) is 3.90. The molecule has 3 aromatic rings. The number of ether oxygens (including phenoxy) is 1. The van der Waals surface area contributed by atoms with Gasteiger partial charge in [-0.1, -0.05) is 11.8 Å². The molecule has 5 rings (SSSR count). The molecule has 1 saturated heterocycles. The van der Waals surface area contributed by atoms with Crippen molar-refractivity contribution in [2.24, 2.45) is 5.92 Å². The van der Waals surface area contributed by atoms with E-state index in [1.807, 2.05) is 24.3 Å². The molecule has 0 spiro atoms. The van der Waals surface area contributed by atoms with Crippen molar-refractivity contribution in [1.82, 2.24) is 15.2 Å². The first-order valence-electron chi connectivity index (χ1n) is 10.3. The molecular weight excluding hydrogens is 408 g/mol. The second-order valence-corrected chi connectivity index (χ2v) is 7.59. The number of rotatable bonds is 4. The van der Waals surface area contributed by atoms with Crippen LogP contribution in [0.15, 0.2) is 36.5 Å².